The molecule has 1 aromatic rings. The molecule has 2 rings (SSSR count). The molecule has 0 bridgehead atoms. The van der Waals surface area contributed by atoms with Crippen LogP contribution in [0.4, 0.5) is 8.78 Å². The Morgan fingerprint density at radius 3 is 2.19 bits per heavy atom. The van der Waals surface area contributed by atoms with Gasteiger partial charge in [-0.25, -0.2) is 8.78 Å². The number of halogens is 3. The summed E-state index contributed by atoms with van der Waals surface area (Å²) in [6.45, 7) is 5.02. The van der Waals surface area contributed by atoms with Crippen LogP contribution in [0.25, 0.3) is 0 Å². The highest BCUT2D eigenvalue weighted by atomic mass is 35.5. The fraction of sp³-hybridized carbons (Fsp3) is 0.556. The number of amides is 2. The van der Waals surface area contributed by atoms with E-state index in [9.17, 15) is 18.4 Å². The molecule has 1 aliphatic heterocycles. The van der Waals surface area contributed by atoms with Gasteiger partial charge in [0.2, 0.25) is 5.91 Å². The van der Waals surface area contributed by atoms with Gasteiger partial charge in [0, 0.05) is 36.8 Å². The molecule has 0 radical (unpaired) electrons. The first-order chi connectivity index (χ1) is 12.3. The largest absolute Gasteiger partial charge is 0.340 e. The van der Waals surface area contributed by atoms with Crippen molar-refractivity contribution in [2.24, 2.45) is 5.92 Å². The first kappa shape index (κ1) is 20.6. The number of piperazine rings is 1. The molecule has 144 valence electrons. The van der Waals surface area contributed by atoms with Gasteiger partial charge in [-0.2, -0.15) is 0 Å². The SMILES string of the molecule is CC(C)C(NC(=O)c1ccc(Cl)cc1)C(=O)N1CCN(CC(F)F)CC1. The summed E-state index contributed by atoms with van der Waals surface area (Å²) in [7, 11) is 0. The number of alkyl halides is 2. The second-order valence-electron chi connectivity index (χ2n) is 6.72. The van der Waals surface area contributed by atoms with Gasteiger partial charge < -0.3 is 10.2 Å². The maximum absolute atomic E-state index is 12.8. The molecule has 1 aromatic carbocycles. The first-order valence-corrected chi connectivity index (χ1v) is 9.01. The van der Waals surface area contributed by atoms with Crippen molar-refractivity contribution in [2.45, 2.75) is 26.3 Å². The molecule has 8 heteroatoms. The Hall–Kier alpha value is -1.73. The maximum Gasteiger partial charge on any atom is 0.251 e. The monoisotopic (exact) mass is 387 g/mol. The van der Waals surface area contributed by atoms with Crippen LogP contribution in [0.1, 0.15) is 24.2 Å². The summed E-state index contributed by atoms with van der Waals surface area (Å²) in [5, 5.41) is 3.31. The van der Waals surface area contributed by atoms with Gasteiger partial charge in [-0.15, -0.1) is 0 Å². The van der Waals surface area contributed by atoms with Crippen LogP contribution in [0.5, 0.6) is 0 Å². The number of carbonyl (C=O) groups excluding carboxylic acids is 2. The lowest BCUT2D eigenvalue weighted by Gasteiger charge is -2.37. The van der Waals surface area contributed by atoms with Gasteiger partial charge in [-0.3, -0.25) is 14.5 Å². The zero-order valence-electron chi connectivity index (χ0n) is 14.9. The average Bonchev–Trinajstić information content (AvgIpc) is 2.59. The number of carbonyl (C=O) groups is 2. The predicted molar refractivity (Wildman–Crippen MR) is 96.6 cm³/mol. The molecule has 26 heavy (non-hydrogen) atoms. The van der Waals surface area contributed by atoms with Gasteiger partial charge in [0.15, 0.2) is 0 Å². The summed E-state index contributed by atoms with van der Waals surface area (Å²) in [4.78, 5) is 28.5. The molecule has 0 spiro atoms. The average molecular weight is 388 g/mol. The van der Waals surface area contributed by atoms with E-state index in [4.69, 9.17) is 11.6 Å². The van der Waals surface area contributed by atoms with Crippen LogP contribution in [-0.4, -0.2) is 66.8 Å². The van der Waals surface area contributed by atoms with Crippen LogP contribution in [0.15, 0.2) is 24.3 Å². The van der Waals surface area contributed by atoms with E-state index in [1.807, 2.05) is 13.8 Å². The van der Waals surface area contributed by atoms with E-state index in [1.54, 1.807) is 34.1 Å². The van der Waals surface area contributed by atoms with E-state index < -0.39 is 12.5 Å². The Balaban J connectivity index is 1.97. The number of rotatable bonds is 6. The molecule has 5 nitrogen and oxygen atoms in total. The van der Waals surface area contributed by atoms with Crippen LogP contribution in [0.3, 0.4) is 0 Å². The standard InChI is InChI=1S/C18H24ClF2N3O2/c1-12(2)16(22-17(25)13-3-5-14(19)6-4-13)18(26)24-9-7-23(8-10-24)11-15(20)21/h3-6,12,15-16H,7-11H2,1-2H3,(H,22,25). The molecule has 1 fully saturated rings. The lowest BCUT2D eigenvalue weighted by Crippen LogP contribution is -2.56. The number of hydrogen-bond acceptors (Lipinski definition) is 3. The van der Waals surface area contributed by atoms with E-state index >= 15 is 0 Å². The van der Waals surface area contributed by atoms with Gasteiger partial charge in [0.25, 0.3) is 12.3 Å². The Morgan fingerprint density at radius 1 is 1.12 bits per heavy atom. The highest BCUT2D eigenvalue weighted by Crippen LogP contribution is 2.13. The summed E-state index contributed by atoms with van der Waals surface area (Å²) in [6.07, 6.45) is -2.38. The van der Waals surface area contributed by atoms with Gasteiger partial charge in [0.05, 0.1) is 6.54 Å². The van der Waals surface area contributed by atoms with E-state index in [2.05, 4.69) is 5.32 Å². The summed E-state index contributed by atoms with van der Waals surface area (Å²) >= 11 is 5.82. The molecule has 1 atom stereocenters. The normalized spacial score (nSPS) is 16.8. The van der Waals surface area contributed by atoms with E-state index in [0.717, 1.165) is 0 Å². The fourth-order valence-electron chi connectivity index (χ4n) is 2.88. The van der Waals surface area contributed by atoms with E-state index in [1.165, 1.54) is 0 Å². The zero-order valence-corrected chi connectivity index (χ0v) is 15.7. The minimum atomic E-state index is -2.38. The Bertz CT molecular complexity index is 617. The minimum Gasteiger partial charge on any atom is -0.340 e. The summed E-state index contributed by atoms with van der Waals surface area (Å²) in [6, 6.07) is 5.76. The Kier molecular flexibility index (Phi) is 7.34. The molecule has 0 aliphatic carbocycles. The van der Waals surface area contributed by atoms with E-state index in [0.29, 0.717) is 36.8 Å². The highest BCUT2D eigenvalue weighted by Gasteiger charge is 2.31. The lowest BCUT2D eigenvalue weighted by atomic mass is 10.0. The lowest BCUT2D eigenvalue weighted by molar-refractivity contribution is -0.136. The zero-order chi connectivity index (χ0) is 19.3. The van der Waals surface area contributed by atoms with Crippen molar-refractivity contribution < 1.29 is 18.4 Å². The van der Waals surface area contributed by atoms with Crippen LogP contribution < -0.4 is 5.32 Å². The van der Waals surface area contributed by atoms with E-state index in [-0.39, 0.29) is 24.3 Å². The van der Waals surface area contributed by atoms with Gasteiger partial charge in [0.1, 0.15) is 6.04 Å². The van der Waals surface area contributed by atoms with Crippen molar-refractivity contribution in [3.05, 3.63) is 34.9 Å². The van der Waals surface area contributed by atoms with Crippen molar-refractivity contribution >= 4 is 23.4 Å². The Labute approximate surface area is 157 Å². The van der Waals surface area contributed by atoms with Crippen LogP contribution in [0.2, 0.25) is 5.02 Å². The Morgan fingerprint density at radius 2 is 1.69 bits per heavy atom. The third kappa shape index (κ3) is 5.64. The third-order valence-corrected chi connectivity index (χ3v) is 4.66. The van der Waals surface area contributed by atoms with Crippen LogP contribution >= 0.6 is 11.6 Å². The van der Waals surface area contributed by atoms with Crippen LogP contribution in [0, 0.1) is 5.92 Å². The predicted octanol–water partition coefficient (Wildman–Crippen LogP) is 2.50. The summed E-state index contributed by atoms with van der Waals surface area (Å²) in [5.74, 6) is -0.623. The first-order valence-electron chi connectivity index (χ1n) is 8.63. The molecular weight excluding hydrogens is 364 g/mol. The van der Waals surface area contributed by atoms with Gasteiger partial charge in [-0.05, 0) is 30.2 Å². The fourth-order valence-corrected chi connectivity index (χ4v) is 3.01. The van der Waals surface area contributed by atoms with Crippen molar-refractivity contribution in [1.82, 2.24) is 15.1 Å². The topological polar surface area (TPSA) is 52.7 Å². The molecule has 0 aromatic heterocycles. The second kappa shape index (κ2) is 9.28. The van der Waals surface area contributed by atoms with Crippen molar-refractivity contribution in [1.29, 1.82) is 0 Å². The molecule has 1 heterocycles. The third-order valence-electron chi connectivity index (χ3n) is 4.41. The van der Waals surface area contributed by atoms with Crippen molar-refractivity contribution in [2.75, 3.05) is 32.7 Å². The quantitative estimate of drug-likeness (QED) is 0.816. The minimum absolute atomic E-state index is 0.0992. The van der Waals surface area contributed by atoms with Gasteiger partial charge in [-0.1, -0.05) is 25.4 Å². The van der Waals surface area contributed by atoms with Crippen molar-refractivity contribution in [3.63, 3.8) is 0 Å². The molecule has 2 amide bonds. The number of benzene rings is 1. The van der Waals surface area contributed by atoms with Crippen LogP contribution in [-0.2, 0) is 4.79 Å². The van der Waals surface area contributed by atoms with Gasteiger partial charge >= 0.3 is 0 Å². The molecule has 1 aliphatic rings. The number of nitrogens with zero attached hydrogens (tertiary/aromatic N) is 2. The second-order valence-corrected chi connectivity index (χ2v) is 7.16. The molecular formula is C18H24ClF2N3O2. The molecule has 1 unspecified atom stereocenters. The molecule has 1 saturated heterocycles. The number of hydrogen-bond donors (Lipinski definition) is 1. The molecule has 0 saturated carbocycles. The highest BCUT2D eigenvalue weighted by molar-refractivity contribution is 6.30. The smallest absolute Gasteiger partial charge is 0.251 e. The summed E-state index contributed by atoms with van der Waals surface area (Å²) in [5.41, 5.74) is 0.426. The maximum atomic E-state index is 12.8. The number of nitrogens with one attached hydrogen (secondary N) is 1. The summed E-state index contributed by atoms with van der Waals surface area (Å²) < 4.78 is 24.9. The van der Waals surface area contributed by atoms with Crippen molar-refractivity contribution in [3.8, 4) is 0 Å². The molecule has 1 N–H and O–H groups in total.